The fraction of sp³-hybridized carbons (Fsp3) is 0. The van der Waals surface area contributed by atoms with Crippen molar-refractivity contribution in [1.29, 1.82) is 5.26 Å². The summed E-state index contributed by atoms with van der Waals surface area (Å²) in [6, 6.07) is 0. The number of nitriles is 1. The smallest absolute Gasteiger partial charge is 0.214 e. The third kappa shape index (κ3) is 1790. The summed E-state index contributed by atoms with van der Waals surface area (Å²) in [6.07, 6.45) is 0. The fourth-order valence-electron chi connectivity index (χ4n) is 0. The number of halogens is 1. The van der Waals surface area contributed by atoms with Crippen LogP contribution in [0.1, 0.15) is 0 Å². The summed E-state index contributed by atoms with van der Waals surface area (Å²) >= 11 is 0. The third-order valence-corrected chi connectivity index (χ3v) is 0. The third-order valence-electron chi connectivity index (χ3n) is 0. The van der Waals surface area contributed by atoms with E-state index in [1.165, 1.54) is 5.97 Å². The molecule has 0 aliphatic heterocycles. The van der Waals surface area contributed by atoms with Gasteiger partial charge in [0.25, 0.3) is 0 Å². The molecule has 4 heavy (non-hydrogen) atoms. The summed E-state index contributed by atoms with van der Waals surface area (Å²) in [5.74, 6) is 1.25. The summed E-state index contributed by atoms with van der Waals surface area (Å²) in [7, 11) is 4.15. The van der Waals surface area contributed by atoms with Gasteiger partial charge >= 0.3 is 0 Å². The van der Waals surface area contributed by atoms with E-state index in [0.717, 1.165) is 0 Å². The van der Waals surface area contributed by atoms with Crippen LogP contribution in [0, 0.1) is 11.2 Å². The molecule has 0 saturated heterocycles. The lowest BCUT2D eigenvalue weighted by Gasteiger charge is -1.12. The van der Waals surface area contributed by atoms with Crippen molar-refractivity contribution in [3.05, 3.63) is 0 Å². The van der Waals surface area contributed by atoms with Gasteiger partial charge in [0, 0.05) is 0 Å². The van der Waals surface area contributed by atoms with E-state index in [9.17, 15) is 0 Å². The first-order valence-corrected chi connectivity index (χ1v) is 0.512. The zero-order chi connectivity index (χ0) is 2.71. The normalized spacial score (nSPS) is 1.75. The Labute approximate surface area is 36.8 Å². The highest BCUT2D eigenvalue weighted by molar-refractivity contribution is 8.93. The Hall–Kier alpha value is 0.0349. The van der Waals surface area contributed by atoms with E-state index in [2.05, 4.69) is 7.85 Å². The molecule has 0 rings (SSSR count). The van der Waals surface area contributed by atoms with Crippen molar-refractivity contribution in [3.8, 4) is 5.97 Å². The van der Waals surface area contributed by atoms with Gasteiger partial charge in [-0.15, -0.1) is 17.0 Å². The van der Waals surface area contributed by atoms with E-state index in [-0.39, 0.29) is 17.0 Å². The molecule has 0 heterocycles. The first-order chi connectivity index (χ1) is 1.41. The number of nitrogens with zero attached hydrogens (tertiary/aromatic N) is 1. The molecule has 0 aromatic heterocycles. The molecule has 0 aromatic carbocycles. The van der Waals surface area contributed by atoms with Crippen molar-refractivity contribution in [3.63, 3.8) is 0 Å². The van der Waals surface area contributed by atoms with Crippen molar-refractivity contribution in [1.82, 2.24) is 0 Å². The van der Waals surface area contributed by atoms with Crippen molar-refractivity contribution in [2.24, 2.45) is 0 Å². The second-order valence-electron chi connectivity index (χ2n) is 0.129. The lowest BCUT2D eigenvalue weighted by Crippen LogP contribution is -1.32. The van der Waals surface area contributed by atoms with Crippen LogP contribution < -0.4 is 0 Å². The van der Waals surface area contributed by atoms with Crippen LogP contribution in [0.2, 0.25) is 0 Å². The molecule has 0 N–H and O–H groups in total. The molecule has 0 saturated carbocycles. The minimum absolute atomic E-state index is 0. The maximum atomic E-state index is 7.10. The molecule has 0 aliphatic rings. The monoisotopic (exact) mass is 117 g/mol. The first kappa shape index (κ1) is 8.97. The molecule has 0 bridgehead atoms. The zero-order valence-corrected chi connectivity index (χ0v) is 3.65. The molecular weight excluding hydrogens is 117 g/mol. The average molecular weight is 118 g/mol. The molecule has 0 fully saturated rings. The van der Waals surface area contributed by atoms with Gasteiger partial charge in [-0.25, -0.2) is 5.26 Å². The molecule has 0 atom stereocenters. The van der Waals surface area contributed by atoms with E-state index in [1.54, 1.807) is 0 Å². The predicted octanol–water partition coefficient (Wildman–Crippen LogP) is 0.214. The highest BCUT2D eigenvalue weighted by Gasteiger charge is 1.22. The van der Waals surface area contributed by atoms with Crippen LogP contribution in [0.3, 0.4) is 0 Å². The van der Waals surface area contributed by atoms with Gasteiger partial charge in [0.1, 0.15) is 0 Å². The van der Waals surface area contributed by atoms with Crippen LogP contribution >= 0.6 is 17.0 Å². The average Bonchev–Trinajstić information content (AvgIpc) is 0.918. The van der Waals surface area contributed by atoms with E-state index in [0.29, 0.717) is 0 Å². The van der Waals surface area contributed by atoms with Crippen LogP contribution in [-0.2, 0) is 0 Å². The van der Waals surface area contributed by atoms with Crippen molar-refractivity contribution < 1.29 is 0 Å². The van der Waals surface area contributed by atoms with Gasteiger partial charge in [-0.2, -0.15) is 0 Å². The van der Waals surface area contributed by atoms with Crippen LogP contribution in [0.5, 0.6) is 0 Å². The topological polar surface area (TPSA) is 23.8 Å². The van der Waals surface area contributed by atoms with Crippen LogP contribution in [0.4, 0.5) is 0 Å². The Morgan fingerprint density at radius 2 is 1.75 bits per heavy atom. The number of hydrogen-bond acceptors (Lipinski definition) is 1. The molecule has 0 spiro atoms. The highest BCUT2D eigenvalue weighted by Crippen LogP contribution is 1.04. The molecule has 0 amide bonds. The highest BCUT2D eigenvalue weighted by atomic mass is 79.9. The molecule has 3 heteroatoms. The van der Waals surface area contributed by atoms with Gasteiger partial charge < -0.3 is 0 Å². The predicted molar refractivity (Wildman–Crippen MR) is 21.7 cm³/mol. The van der Waals surface area contributed by atoms with Crippen molar-refractivity contribution >= 4 is 24.8 Å². The molecular formula is CHBBrN. The Morgan fingerprint density at radius 1 is 1.75 bits per heavy atom. The largest absolute Gasteiger partial charge is 0.229 e. The molecule has 2 radical (unpaired) electrons. The minimum Gasteiger partial charge on any atom is -0.214 e. The Morgan fingerprint density at radius 3 is 1.75 bits per heavy atom. The summed E-state index contributed by atoms with van der Waals surface area (Å²) in [4.78, 5) is 0. The number of hydrogen-bond donors (Lipinski definition) is 0. The van der Waals surface area contributed by atoms with Crippen LogP contribution in [0.15, 0.2) is 0 Å². The fourth-order valence-corrected chi connectivity index (χ4v) is 0. The van der Waals surface area contributed by atoms with Gasteiger partial charge in [0.15, 0.2) is 0 Å². The van der Waals surface area contributed by atoms with E-state index in [1.807, 2.05) is 0 Å². The molecule has 20 valence electrons. The van der Waals surface area contributed by atoms with E-state index >= 15 is 0 Å². The summed E-state index contributed by atoms with van der Waals surface area (Å²) in [5.41, 5.74) is 0. The first-order valence-electron chi connectivity index (χ1n) is 0.512. The van der Waals surface area contributed by atoms with Crippen LogP contribution in [0.25, 0.3) is 0 Å². The minimum atomic E-state index is 0. The van der Waals surface area contributed by atoms with Gasteiger partial charge in [0.05, 0.1) is 0 Å². The second-order valence-corrected chi connectivity index (χ2v) is 0.129. The van der Waals surface area contributed by atoms with Gasteiger partial charge in [-0.1, -0.05) is 0 Å². The quantitative estimate of drug-likeness (QED) is 0.417. The van der Waals surface area contributed by atoms with Gasteiger partial charge in [-0.05, 0) is 5.97 Å². The maximum Gasteiger partial charge on any atom is 0.229 e. The SMILES string of the molecule is Br.[B]C#N. The molecule has 0 aromatic rings. The Balaban J connectivity index is 0. The van der Waals surface area contributed by atoms with Crippen LogP contribution in [-0.4, -0.2) is 7.85 Å². The van der Waals surface area contributed by atoms with Crippen molar-refractivity contribution in [2.75, 3.05) is 0 Å². The summed E-state index contributed by atoms with van der Waals surface area (Å²) in [6.45, 7) is 0. The van der Waals surface area contributed by atoms with Gasteiger partial charge in [-0.3, -0.25) is 0 Å². The Kier molecular flexibility index (Phi) is 26.3. The lowest BCUT2D eigenvalue weighted by molar-refractivity contribution is 1.57. The number of rotatable bonds is 0. The maximum absolute atomic E-state index is 7.10. The lowest BCUT2D eigenvalue weighted by atomic mass is 10.2. The molecule has 0 unspecified atom stereocenters. The second kappa shape index (κ2) is 11.7. The standard InChI is InChI=1S/CBN.BrH/c2-1-3;/h;1H. The van der Waals surface area contributed by atoms with Crippen molar-refractivity contribution in [2.45, 2.75) is 0 Å². The Bertz CT molecular complexity index is 29.5. The van der Waals surface area contributed by atoms with E-state index < -0.39 is 0 Å². The van der Waals surface area contributed by atoms with Gasteiger partial charge in [0.2, 0.25) is 7.85 Å². The summed E-state index contributed by atoms with van der Waals surface area (Å²) in [5, 5.41) is 7.10. The molecule has 0 aliphatic carbocycles. The summed E-state index contributed by atoms with van der Waals surface area (Å²) < 4.78 is 0. The molecule has 1 nitrogen and oxygen atoms in total. The zero-order valence-electron chi connectivity index (χ0n) is 1.93. The van der Waals surface area contributed by atoms with E-state index in [4.69, 9.17) is 5.26 Å².